The van der Waals surface area contributed by atoms with Crippen LogP contribution in [0.5, 0.6) is 0 Å². The number of aromatic nitrogens is 1. The zero-order chi connectivity index (χ0) is 15.6. The Labute approximate surface area is 123 Å². The monoisotopic (exact) mass is 318 g/mol. The molecule has 0 bridgehead atoms. The maximum Gasteiger partial charge on any atom is 0.416 e. The maximum atomic E-state index is 13.0. The molecule has 1 N–H and O–H groups in total. The molecule has 0 spiro atoms. The highest BCUT2D eigenvalue weighted by Crippen LogP contribution is 2.33. The molecule has 0 aliphatic rings. The summed E-state index contributed by atoms with van der Waals surface area (Å²) in [7, 11) is 0. The highest BCUT2D eigenvalue weighted by Gasteiger charge is 2.33. The van der Waals surface area contributed by atoms with Gasteiger partial charge in [0.25, 0.3) is 0 Å². The minimum Gasteiger partial charge on any atom is -0.378 e. The molecule has 112 valence electrons. The molecule has 2 aromatic rings. The third kappa shape index (κ3) is 3.64. The number of halogens is 5. The number of nitrogens with one attached hydrogen (secondary N) is 1. The summed E-state index contributed by atoms with van der Waals surface area (Å²) in [4.78, 5) is 3.86. The Bertz CT molecular complexity index is 636. The predicted octanol–water partition coefficient (Wildman–Crippen LogP) is 4.81. The lowest BCUT2D eigenvalue weighted by atomic mass is 10.1. The number of hydrogen-bond acceptors (Lipinski definition) is 2. The normalized spacial score (nSPS) is 11.5. The lowest BCUT2D eigenvalue weighted by Crippen LogP contribution is -2.13. The summed E-state index contributed by atoms with van der Waals surface area (Å²) in [5.41, 5.74) is 0.137. The highest BCUT2D eigenvalue weighted by atomic mass is 35.5. The van der Waals surface area contributed by atoms with E-state index in [2.05, 4.69) is 10.3 Å². The van der Waals surface area contributed by atoms with Gasteiger partial charge in [-0.2, -0.15) is 13.2 Å². The lowest BCUT2D eigenvalue weighted by Gasteiger charge is -2.15. The van der Waals surface area contributed by atoms with Gasteiger partial charge in [0.15, 0.2) is 5.15 Å². The first-order valence-corrected chi connectivity index (χ1v) is 6.37. The predicted molar refractivity (Wildman–Crippen MR) is 72.7 cm³/mol. The van der Waals surface area contributed by atoms with Crippen molar-refractivity contribution in [3.8, 4) is 0 Å². The SMILES string of the molecule is Cc1ccnc(Cl)c1NCc1ccc(F)cc1C(F)(F)F. The molecular formula is C14H11ClF4N2. The van der Waals surface area contributed by atoms with Gasteiger partial charge in [0, 0.05) is 12.7 Å². The largest absolute Gasteiger partial charge is 0.416 e. The molecule has 0 amide bonds. The number of nitrogens with zero attached hydrogens (tertiary/aromatic N) is 1. The Morgan fingerprint density at radius 2 is 1.95 bits per heavy atom. The van der Waals surface area contributed by atoms with E-state index in [4.69, 9.17) is 11.6 Å². The van der Waals surface area contributed by atoms with Gasteiger partial charge in [0.1, 0.15) is 5.82 Å². The summed E-state index contributed by atoms with van der Waals surface area (Å²) < 4.78 is 51.7. The van der Waals surface area contributed by atoms with Crippen LogP contribution in [0.2, 0.25) is 5.15 Å². The number of anilines is 1. The van der Waals surface area contributed by atoms with E-state index in [-0.39, 0.29) is 17.3 Å². The number of hydrogen-bond donors (Lipinski definition) is 1. The van der Waals surface area contributed by atoms with Crippen molar-refractivity contribution in [1.29, 1.82) is 0 Å². The average molecular weight is 319 g/mol. The molecule has 0 aliphatic heterocycles. The zero-order valence-corrected chi connectivity index (χ0v) is 11.7. The van der Waals surface area contributed by atoms with E-state index in [1.165, 1.54) is 6.20 Å². The molecule has 1 heterocycles. The van der Waals surface area contributed by atoms with Gasteiger partial charge in [-0.05, 0) is 36.2 Å². The lowest BCUT2D eigenvalue weighted by molar-refractivity contribution is -0.138. The van der Waals surface area contributed by atoms with Crippen molar-refractivity contribution in [2.75, 3.05) is 5.32 Å². The van der Waals surface area contributed by atoms with Gasteiger partial charge in [0.2, 0.25) is 0 Å². The first kappa shape index (κ1) is 15.6. The molecule has 7 heteroatoms. The summed E-state index contributed by atoms with van der Waals surface area (Å²) in [5, 5.41) is 2.98. The van der Waals surface area contributed by atoms with Crippen LogP contribution in [0.4, 0.5) is 23.2 Å². The smallest absolute Gasteiger partial charge is 0.378 e. The molecule has 0 radical (unpaired) electrons. The molecule has 0 aliphatic carbocycles. The van der Waals surface area contributed by atoms with Crippen LogP contribution in [-0.4, -0.2) is 4.98 Å². The van der Waals surface area contributed by atoms with E-state index >= 15 is 0 Å². The van der Waals surface area contributed by atoms with Crippen LogP contribution in [0.25, 0.3) is 0 Å². The van der Waals surface area contributed by atoms with Gasteiger partial charge in [-0.15, -0.1) is 0 Å². The van der Waals surface area contributed by atoms with Gasteiger partial charge in [0.05, 0.1) is 11.3 Å². The minimum atomic E-state index is -4.62. The first-order chi connectivity index (χ1) is 9.79. The van der Waals surface area contributed by atoms with Gasteiger partial charge >= 0.3 is 6.18 Å². The topological polar surface area (TPSA) is 24.9 Å². The van der Waals surface area contributed by atoms with E-state index in [9.17, 15) is 17.6 Å². The number of pyridine rings is 1. The number of benzene rings is 1. The van der Waals surface area contributed by atoms with Crippen molar-refractivity contribution in [3.05, 3.63) is 58.1 Å². The molecule has 1 aromatic heterocycles. The molecular weight excluding hydrogens is 308 g/mol. The van der Waals surface area contributed by atoms with E-state index in [0.717, 1.165) is 17.7 Å². The van der Waals surface area contributed by atoms with E-state index in [1.54, 1.807) is 13.0 Å². The highest BCUT2D eigenvalue weighted by molar-refractivity contribution is 6.32. The van der Waals surface area contributed by atoms with Gasteiger partial charge < -0.3 is 5.32 Å². The van der Waals surface area contributed by atoms with Crippen LogP contribution in [0.3, 0.4) is 0 Å². The molecule has 0 atom stereocenters. The summed E-state index contributed by atoms with van der Waals surface area (Å²) in [6, 6.07) is 4.26. The first-order valence-electron chi connectivity index (χ1n) is 5.99. The molecule has 2 rings (SSSR count). The number of aryl methyl sites for hydroxylation is 1. The van der Waals surface area contributed by atoms with Crippen molar-refractivity contribution >= 4 is 17.3 Å². The van der Waals surface area contributed by atoms with Gasteiger partial charge in [-0.3, -0.25) is 0 Å². The Morgan fingerprint density at radius 1 is 1.24 bits per heavy atom. The fourth-order valence-electron chi connectivity index (χ4n) is 1.89. The van der Waals surface area contributed by atoms with Crippen LogP contribution in [0.15, 0.2) is 30.5 Å². The molecule has 0 saturated carbocycles. The zero-order valence-electron chi connectivity index (χ0n) is 10.9. The van der Waals surface area contributed by atoms with Crippen LogP contribution >= 0.6 is 11.6 Å². The fourth-order valence-corrected chi connectivity index (χ4v) is 2.16. The van der Waals surface area contributed by atoms with Gasteiger partial charge in [-0.25, -0.2) is 9.37 Å². The second-order valence-corrected chi connectivity index (χ2v) is 4.80. The molecule has 0 unspecified atom stereocenters. The average Bonchev–Trinajstić information content (AvgIpc) is 2.38. The summed E-state index contributed by atoms with van der Waals surface area (Å²) in [6.45, 7) is 1.62. The van der Waals surface area contributed by atoms with E-state index in [0.29, 0.717) is 11.8 Å². The van der Waals surface area contributed by atoms with Crippen LogP contribution in [0.1, 0.15) is 16.7 Å². The third-order valence-corrected chi connectivity index (χ3v) is 3.23. The van der Waals surface area contributed by atoms with Crippen LogP contribution < -0.4 is 5.32 Å². The van der Waals surface area contributed by atoms with Crippen molar-refractivity contribution in [2.24, 2.45) is 0 Å². The third-order valence-electron chi connectivity index (χ3n) is 2.95. The second kappa shape index (κ2) is 5.89. The van der Waals surface area contributed by atoms with E-state index in [1.807, 2.05) is 0 Å². The van der Waals surface area contributed by atoms with Gasteiger partial charge in [-0.1, -0.05) is 17.7 Å². The van der Waals surface area contributed by atoms with Crippen molar-refractivity contribution in [2.45, 2.75) is 19.6 Å². The Kier molecular flexibility index (Phi) is 4.37. The standard InChI is InChI=1S/C14H11ClF4N2/c1-8-4-5-20-13(15)12(8)21-7-9-2-3-10(16)6-11(9)14(17,18)19/h2-6,21H,7H2,1H3. The Balaban J connectivity index is 2.29. The van der Waals surface area contributed by atoms with Crippen molar-refractivity contribution in [1.82, 2.24) is 4.98 Å². The maximum absolute atomic E-state index is 13.0. The molecule has 0 saturated heterocycles. The van der Waals surface area contributed by atoms with Crippen LogP contribution in [-0.2, 0) is 12.7 Å². The summed E-state index contributed by atoms with van der Waals surface area (Å²) >= 11 is 5.89. The number of alkyl halides is 3. The molecule has 1 aromatic carbocycles. The number of rotatable bonds is 3. The summed E-state index contributed by atoms with van der Waals surface area (Å²) in [5.74, 6) is -0.929. The molecule has 2 nitrogen and oxygen atoms in total. The van der Waals surface area contributed by atoms with E-state index < -0.39 is 17.6 Å². The Hall–Kier alpha value is -1.82. The van der Waals surface area contributed by atoms with Crippen molar-refractivity contribution in [3.63, 3.8) is 0 Å². The Morgan fingerprint density at radius 3 is 2.57 bits per heavy atom. The fraction of sp³-hybridized carbons (Fsp3) is 0.214. The molecule has 21 heavy (non-hydrogen) atoms. The quantitative estimate of drug-likeness (QED) is 0.648. The second-order valence-electron chi connectivity index (χ2n) is 4.45. The molecule has 0 fully saturated rings. The summed E-state index contributed by atoms with van der Waals surface area (Å²) in [6.07, 6.45) is -3.12. The van der Waals surface area contributed by atoms with Crippen LogP contribution in [0, 0.1) is 12.7 Å². The minimum absolute atomic E-state index is 0.0665. The van der Waals surface area contributed by atoms with Crippen molar-refractivity contribution < 1.29 is 17.6 Å².